The Kier molecular flexibility index (Phi) is 5.12. The Morgan fingerprint density at radius 1 is 1.50 bits per heavy atom. The maximum atomic E-state index is 11.6. The number of anilines is 1. The van der Waals surface area contributed by atoms with Gasteiger partial charge in [-0.15, -0.1) is 0 Å². The van der Waals surface area contributed by atoms with Crippen LogP contribution in [0.4, 0.5) is 5.69 Å². The van der Waals surface area contributed by atoms with Gasteiger partial charge in [0.05, 0.1) is 16.3 Å². The molecule has 0 heterocycles. The molecule has 1 rings (SSSR count). The van der Waals surface area contributed by atoms with E-state index in [9.17, 15) is 9.59 Å². The minimum atomic E-state index is -1.07. The highest BCUT2D eigenvalue weighted by Gasteiger charge is 2.11. The van der Waals surface area contributed by atoms with Crippen molar-refractivity contribution in [1.82, 2.24) is 0 Å². The maximum absolute atomic E-state index is 11.6. The lowest BCUT2D eigenvalue weighted by molar-refractivity contribution is -0.116. The van der Waals surface area contributed by atoms with Crippen molar-refractivity contribution in [1.29, 1.82) is 0 Å². The summed E-state index contributed by atoms with van der Waals surface area (Å²) in [5, 5.41) is 11.6. The molecule has 1 aromatic carbocycles. The molecule has 0 bridgehead atoms. The molecule has 1 aromatic rings. The van der Waals surface area contributed by atoms with Crippen molar-refractivity contribution in [3.63, 3.8) is 0 Å². The van der Waals surface area contributed by atoms with Gasteiger partial charge in [0.15, 0.2) is 0 Å². The summed E-state index contributed by atoms with van der Waals surface area (Å²) in [5.74, 6) is -1.31. The molecule has 0 aliphatic carbocycles. The lowest BCUT2D eigenvalue weighted by atomic mass is 10.1. The second-order valence-corrected chi connectivity index (χ2v) is 4.33. The van der Waals surface area contributed by atoms with Crippen molar-refractivity contribution in [2.24, 2.45) is 5.73 Å². The van der Waals surface area contributed by atoms with Crippen LogP contribution in [-0.2, 0) is 4.79 Å². The number of benzene rings is 1. The van der Waals surface area contributed by atoms with Crippen LogP contribution in [0.5, 0.6) is 0 Å². The van der Waals surface area contributed by atoms with Crippen LogP contribution in [-0.4, -0.2) is 23.0 Å². The van der Waals surface area contributed by atoms with E-state index in [1.807, 2.05) is 6.92 Å². The Morgan fingerprint density at radius 2 is 2.17 bits per heavy atom. The lowest BCUT2D eigenvalue weighted by Gasteiger charge is -2.10. The van der Waals surface area contributed by atoms with Crippen LogP contribution in [0.3, 0.4) is 0 Å². The summed E-state index contributed by atoms with van der Waals surface area (Å²) in [7, 11) is 0. The van der Waals surface area contributed by atoms with Crippen LogP contribution in [0.2, 0.25) is 5.02 Å². The molecule has 4 N–H and O–H groups in total. The summed E-state index contributed by atoms with van der Waals surface area (Å²) in [6.07, 6.45) is 0.909. The van der Waals surface area contributed by atoms with E-state index in [1.165, 1.54) is 18.2 Å². The molecular weight excluding hydrogens is 256 g/mol. The van der Waals surface area contributed by atoms with Crippen LogP contribution in [0.25, 0.3) is 0 Å². The van der Waals surface area contributed by atoms with Crippen LogP contribution in [0.1, 0.15) is 30.1 Å². The smallest absolute Gasteiger partial charge is 0.335 e. The van der Waals surface area contributed by atoms with Crippen molar-refractivity contribution >= 4 is 29.2 Å². The van der Waals surface area contributed by atoms with E-state index in [0.717, 1.165) is 0 Å². The first kappa shape index (κ1) is 14.5. The SMILES string of the molecule is CCC(N)CC(=O)Nc1ccc(C(=O)O)cc1Cl. The second-order valence-electron chi connectivity index (χ2n) is 3.92. The second kappa shape index (κ2) is 6.37. The van der Waals surface area contributed by atoms with Gasteiger partial charge in [-0.3, -0.25) is 4.79 Å². The van der Waals surface area contributed by atoms with Crippen molar-refractivity contribution in [2.45, 2.75) is 25.8 Å². The van der Waals surface area contributed by atoms with Crippen LogP contribution in [0, 0.1) is 0 Å². The first-order valence-corrected chi connectivity index (χ1v) is 5.90. The van der Waals surface area contributed by atoms with Crippen LogP contribution >= 0.6 is 11.6 Å². The van der Waals surface area contributed by atoms with E-state index in [-0.39, 0.29) is 29.0 Å². The molecule has 0 aliphatic heterocycles. The Balaban J connectivity index is 2.74. The van der Waals surface area contributed by atoms with Crippen molar-refractivity contribution in [3.05, 3.63) is 28.8 Å². The number of carboxylic acids is 1. The zero-order chi connectivity index (χ0) is 13.7. The fourth-order valence-corrected chi connectivity index (χ4v) is 1.56. The number of carbonyl (C=O) groups excluding carboxylic acids is 1. The standard InChI is InChI=1S/C12H15ClN2O3/c1-2-8(14)6-11(16)15-10-4-3-7(12(17)18)5-9(10)13/h3-5,8H,2,6,14H2,1H3,(H,15,16)(H,17,18). The predicted octanol–water partition coefficient (Wildman–Crippen LogP) is 2.10. The molecule has 0 aromatic heterocycles. The molecule has 0 radical (unpaired) electrons. The number of hydrogen-bond acceptors (Lipinski definition) is 3. The van der Waals surface area contributed by atoms with E-state index >= 15 is 0 Å². The van der Waals surface area contributed by atoms with Gasteiger partial charge in [0.2, 0.25) is 5.91 Å². The number of amides is 1. The highest BCUT2D eigenvalue weighted by Crippen LogP contribution is 2.23. The molecule has 18 heavy (non-hydrogen) atoms. The normalized spacial score (nSPS) is 11.9. The third-order valence-corrected chi connectivity index (χ3v) is 2.77. The average Bonchev–Trinajstić information content (AvgIpc) is 2.31. The van der Waals surface area contributed by atoms with Crippen LogP contribution in [0.15, 0.2) is 18.2 Å². The Labute approximate surface area is 110 Å². The summed E-state index contributed by atoms with van der Waals surface area (Å²) in [6, 6.07) is 3.94. The molecule has 6 heteroatoms. The van der Waals surface area contributed by atoms with Gasteiger partial charge in [0.1, 0.15) is 0 Å². The number of carbonyl (C=O) groups is 2. The van der Waals surface area contributed by atoms with Crippen molar-refractivity contribution in [2.75, 3.05) is 5.32 Å². The van der Waals surface area contributed by atoms with Gasteiger partial charge in [-0.25, -0.2) is 4.79 Å². The number of aromatic carboxylic acids is 1. The summed E-state index contributed by atoms with van der Waals surface area (Å²) >= 11 is 5.88. The molecule has 98 valence electrons. The van der Waals surface area contributed by atoms with E-state index in [2.05, 4.69) is 5.32 Å². The number of nitrogens with one attached hydrogen (secondary N) is 1. The number of halogens is 1. The monoisotopic (exact) mass is 270 g/mol. The summed E-state index contributed by atoms with van der Waals surface area (Å²) in [5.41, 5.74) is 6.11. The van der Waals surface area contributed by atoms with E-state index < -0.39 is 5.97 Å². The van der Waals surface area contributed by atoms with E-state index in [1.54, 1.807) is 0 Å². The van der Waals surface area contributed by atoms with Crippen molar-refractivity contribution in [3.8, 4) is 0 Å². The molecule has 0 fully saturated rings. The van der Waals surface area contributed by atoms with Gasteiger partial charge in [0.25, 0.3) is 0 Å². The third kappa shape index (κ3) is 4.01. The topological polar surface area (TPSA) is 92.4 Å². The maximum Gasteiger partial charge on any atom is 0.335 e. The third-order valence-electron chi connectivity index (χ3n) is 2.46. The first-order valence-electron chi connectivity index (χ1n) is 5.52. The fraction of sp³-hybridized carbons (Fsp3) is 0.333. The Morgan fingerprint density at radius 3 is 2.67 bits per heavy atom. The first-order chi connectivity index (χ1) is 8.43. The average molecular weight is 271 g/mol. The summed E-state index contributed by atoms with van der Waals surface area (Å²) in [6.45, 7) is 1.90. The van der Waals surface area contributed by atoms with Gasteiger partial charge in [-0.1, -0.05) is 18.5 Å². The zero-order valence-electron chi connectivity index (χ0n) is 9.94. The number of carboxylic acid groups (broad SMARTS) is 1. The van der Waals surface area contributed by atoms with E-state index in [4.69, 9.17) is 22.4 Å². The number of rotatable bonds is 5. The van der Waals surface area contributed by atoms with Gasteiger partial charge in [-0.2, -0.15) is 0 Å². The molecule has 1 atom stereocenters. The number of nitrogens with two attached hydrogens (primary N) is 1. The molecule has 1 amide bonds. The predicted molar refractivity (Wildman–Crippen MR) is 69.9 cm³/mol. The van der Waals surface area contributed by atoms with Gasteiger partial charge < -0.3 is 16.2 Å². The molecule has 0 saturated carbocycles. The number of hydrogen-bond donors (Lipinski definition) is 3. The molecule has 0 spiro atoms. The fourth-order valence-electron chi connectivity index (χ4n) is 1.33. The summed E-state index contributed by atoms with van der Waals surface area (Å²) in [4.78, 5) is 22.3. The minimum absolute atomic E-state index is 0.0725. The summed E-state index contributed by atoms with van der Waals surface area (Å²) < 4.78 is 0. The quantitative estimate of drug-likeness (QED) is 0.764. The van der Waals surface area contributed by atoms with Crippen LogP contribution < -0.4 is 11.1 Å². The van der Waals surface area contributed by atoms with E-state index in [0.29, 0.717) is 12.1 Å². The van der Waals surface area contributed by atoms with Crippen molar-refractivity contribution < 1.29 is 14.7 Å². The largest absolute Gasteiger partial charge is 0.478 e. The zero-order valence-corrected chi connectivity index (χ0v) is 10.7. The molecule has 0 saturated heterocycles. The lowest BCUT2D eigenvalue weighted by Crippen LogP contribution is -2.26. The highest BCUT2D eigenvalue weighted by molar-refractivity contribution is 6.34. The molecule has 0 aliphatic rings. The minimum Gasteiger partial charge on any atom is -0.478 e. The molecule has 5 nitrogen and oxygen atoms in total. The van der Waals surface area contributed by atoms with Gasteiger partial charge in [-0.05, 0) is 24.6 Å². The Hall–Kier alpha value is -1.59. The molecular formula is C12H15ClN2O3. The Bertz CT molecular complexity index is 463. The van der Waals surface area contributed by atoms with Gasteiger partial charge in [0, 0.05) is 12.5 Å². The van der Waals surface area contributed by atoms with Gasteiger partial charge >= 0.3 is 5.97 Å². The highest BCUT2D eigenvalue weighted by atomic mass is 35.5. The molecule has 1 unspecified atom stereocenters.